The Labute approximate surface area is 85.9 Å². The monoisotopic (exact) mass is 214 g/mol. The van der Waals surface area contributed by atoms with Crippen molar-refractivity contribution < 1.29 is 19.0 Å². The lowest BCUT2D eigenvalue weighted by atomic mass is 10.3. The van der Waals surface area contributed by atoms with Gasteiger partial charge in [-0.05, 0) is 12.1 Å². The summed E-state index contributed by atoms with van der Waals surface area (Å²) in [7, 11) is 1.18. The zero-order chi connectivity index (χ0) is 11.3. The second-order valence-electron chi connectivity index (χ2n) is 2.74. The fourth-order valence-corrected chi connectivity index (χ4v) is 0.978. The molecule has 1 aromatic rings. The Kier molecular flexibility index (Phi) is 3.99. The molecule has 6 heteroatoms. The van der Waals surface area contributed by atoms with Crippen molar-refractivity contribution >= 4 is 11.8 Å². The van der Waals surface area contributed by atoms with Crippen molar-refractivity contribution in [1.82, 2.24) is 4.98 Å². The lowest BCUT2D eigenvalue weighted by Crippen LogP contribution is -2.34. The van der Waals surface area contributed by atoms with Crippen LogP contribution < -0.4 is 5.32 Å². The topological polar surface area (TPSA) is 71.5 Å². The van der Waals surface area contributed by atoms with E-state index >= 15 is 0 Å². The van der Waals surface area contributed by atoms with Crippen LogP contribution in [0.2, 0.25) is 0 Å². The van der Waals surface area contributed by atoms with Gasteiger partial charge < -0.3 is 15.2 Å². The van der Waals surface area contributed by atoms with Crippen LogP contribution >= 0.6 is 0 Å². The van der Waals surface area contributed by atoms with Crippen LogP contribution in [0.3, 0.4) is 0 Å². The maximum atomic E-state index is 13.1. The molecule has 1 atom stereocenters. The maximum absolute atomic E-state index is 13.1. The van der Waals surface area contributed by atoms with Crippen molar-refractivity contribution in [3.63, 3.8) is 0 Å². The first-order chi connectivity index (χ1) is 7.19. The maximum Gasteiger partial charge on any atom is 0.330 e. The first-order valence-electron chi connectivity index (χ1n) is 4.24. The van der Waals surface area contributed by atoms with E-state index in [9.17, 15) is 9.18 Å². The van der Waals surface area contributed by atoms with Gasteiger partial charge in [-0.3, -0.25) is 0 Å². The second-order valence-corrected chi connectivity index (χ2v) is 2.74. The highest BCUT2D eigenvalue weighted by Crippen LogP contribution is 2.10. The van der Waals surface area contributed by atoms with E-state index in [1.54, 1.807) is 0 Å². The van der Waals surface area contributed by atoms with Crippen LogP contribution in [0.15, 0.2) is 18.3 Å². The van der Waals surface area contributed by atoms with Crippen LogP contribution in [0.25, 0.3) is 0 Å². The summed E-state index contributed by atoms with van der Waals surface area (Å²) >= 11 is 0. The van der Waals surface area contributed by atoms with E-state index in [1.807, 2.05) is 0 Å². The van der Waals surface area contributed by atoms with Gasteiger partial charge in [-0.25, -0.2) is 14.2 Å². The SMILES string of the molecule is COC(=O)C(CO)Nc1ncccc1F. The molecule has 2 N–H and O–H groups in total. The molecule has 0 aliphatic rings. The van der Waals surface area contributed by atoms with Crippen molar-refractivity contribution in [3.8, 4) is 0 Å². The number of hydrogen-bond donors (Lipinski definition) is 2. The number of pyridine rings is 1. The molecule has 0 saturated carbocycles. The van der Waals surface area contributed by atoms with Gasteiger partial charge in [0.1, 0.15) is 6.04 Å². The number of carbonyl (C=O) groups excluding carboxylic acids is 1. The zero-order valence-corrected chi connectivity index (χ0v) is 8.11. The molecule has 82 valence electrons. The van der Waals surface area contributed by atoms with Gasteiger partial charge in [-0.15, -0.1) is 0 Å². The Morgan fingerprint density at radius 1 is 1.80 bits per heavy atom. The predicted octanol–water partition coefficient (Wildman–Crippen LogP) is 0.166. The van der Waals surface area contributed by atoms with Gasteiger partial charge in [-0.1, -0.05) is 0 Å². The van der Waals surface area contributed by atoms with Crippen molar-refractivity contribution in [1.29, 1.82) is 0 Å². The van der Waals surface area contributed by atoms with Gasteiger partial charge >= 0.3 is 5.97 Å². The number of anilines is 1. The Balaban J connectivity index is 2.75. The lowest BCUT2D eigenvalue weighted by molar-refractivity contribution is -0.142. The number of carbonyl (C=O) groups is 1. The first-order valence-corrected chi connectivity index (χ1v) is 4.24. The largest absolute Gasteiger partial charge is 0.467 e. The van der Waals surface area contributed by atoms with E-state index in [0.29, 0.717) is 0 Å². The summed E-state index contributed by atoms with van der Waals surface area (Å²) in [5, 5.41) is 11.3. The Morgan fingerprint density at radius 2 is 2.53 bits per heavy atom. The number of aliphatic hydroxyl groups excluding tert-OH is 1. The average Bonchev–Trinajstić information content (AvgIpc) is 2.27. The van der Waals surface area contributed by atoms with Gasteiger partial charge in [0.05, 0.1) is 13.7 Å². The number of esters is 1. The summed E-state index contributed by atoms with van der Waals surface area (Å²) in [5.74, 6) is -1.37. The van der Waals surface area contributed by atoms with Crippen molar-refractivity contribution in [2.45, 2.75) is 6.04 Å². The summed E-state index contributed by atoms with van der Waals surface area (Å²) in [6.45, 7) is -0.497. The van der Waals surface area contributed by atoms with Crippen molar-refractivity contribution in [3.05, 3.63) is 24.1 Å². The quantitative estimate of drug-likeness (QED) is 0.699. The smallest absolute Gasteiger partial charge is 0.330 e. The molecule has 0 amide bonds. The number of aromatic nitrogens is 1. The Hall–Kier alpha value is -1.69. The highest BCUT2D eigenvalue weighted by Gasteiger charge is 2.19. The van der Waals surface area contributed by atoms with Crippen molar-refractivity contribution in [2.75, 3.05) is 19.0 Å². The fraction of sp³-hybridized carbons (Fsp3) is 0.333. The molecule has 0 spiro atoms. The third-order valence-corrected chi connectivity index (χ3v) is 1.74. The minimum atomic E-state index is -1.01. The average molecular weight is 214 g/mol. The van der Waals surface area contributed by atoms with Crippen LogP contribution in [0.1, 0.15) is 0 Å². The number of nitrogens with zero attached hydrogens (tertiary/aromatic N) is 1. The van der Waals surface area contributed by atoms with Crippen LogP contribution in [-0.4, -0.2) is 35.8 Å². The van der Waals surface area contributed by atoms with E-state index < -0.39 is 24.4 Å². The zero-order valence-electron chi connectivity index (χ0n) is 8.11. The van der Waals surface area contributed by atoms with Gasteiger partial charge in [-0.2, -0.15) is 0 Å². The normalized spacial score (nSPS) is 11.9. The van der Waals surface area contributed by atoms with E-state index in [4.69, 9.17) is 5.11 Å². The molecular weight excluding hydrogens is 203 g/mol. The number of hydrogen-bond acceptors (Lipinski definition) is 5. The molecule has 0 aliphatic carbocycles. The summed E-state index contributed by atoms with van der Waals surface area (Å²) < 4.78 is 17.5. The number of ether oxygens (including phenoxy) is 1. The molecule has 1 aromatic heterocycles. The predicted molar refractivity (Wildman–Crippen MR) is 50.7 cm³/mol. The van der Waals surface area contributed by atoms with Gasteiger partial charge in [0.2, 0.25) is 0 Å². The molecule has 15 heavy (non-hydrogen) atoms. The lowest BCUT2D eigenvalue weighted by Gasteiger charge is -2.14. The van der Waals surface area contributed by atoms with Gasteiger partial charge in [0.25, 0.3) is 0 Å². The number of aliphatic hydroxyl groups is 1. The Bertz CT molecular complexity index is 346. The third-order valence-electron chi connectivity index (χ3n) is 1.74. The Morgan fingerprint density at radius 3 is 3.07 bits per heavy atom. The molecule has 0 aliphatic heterocycles. The number of halogens is 1. The van der Waals surface area contributed by atoms with Gasteiger partial charge in [0.15, 0.2) is 11.6 Å². The molecule has 5 nitrogen and oxygen atoms in total. The molecule has 0 aromatic carbocycles. The number of nitrogens with one attached hydrogen (secondary N) is 1. The summed E-state index contributed by atoms with van der Waals surface area (Å²) in [4.78, 5) is 14.7. The minimum Gasteiger partial charge on any atom is -0.467 e. The molecule has 1 unspecified atom stereocenters. The van der Waals surface area contributed by atoms with E-state index in [1.165, 1.54) is 25.4 Å². The van der Waals surface area contributed by atoms with E-state index in [2.05, 4.69) is 15.0 Å². The van der Waals surface area contributed by atoms with E-state index in [-0.39, 0.29) is 5.82 Å². The molecule has 0 fully saturated rings. The molecule has 0 radical (unpaired) electrons. The molecule has 1 rings (SSSR count). The van der Waals surface area contributed by atoms with Crippen LogP contribution in [0, 0.1) is 5.82 Å². The molecule has 0 bridgehead atoms. The third kappa shape index (κ3) is 2.88. The second kappa shape index (κ2) is 5.26. The number of rotatable bonds is 4. The van der Waals surface area contributed by atoms with Crippen LogP contribution in [-0.2, 0) is 9.53 Å². The molecule has 1 heterocycles. The summed E-state index contributed by atoms with van der Waals surface area (Å²) in [6, 6.07) is 1.60. The molecule has 0 saturated heterocycles. The fourth-order valence-electron chi connectivity index (χ4n) is 0.978. The molecular formula is C9H11FN2O3. The highest BCUT2D eigenvalue weighted by atomic mass is 19.1. The van der Waals surface area contributed by atoms with Crippen LogP contribution in [0.4, 0.5) is 10.2 Å². The first kappa shape index (κ1) is 11.4. The standard InChI is InChI=1S/C9H11FN2O3/c1-15-9(14)7(5-13)12-8-6(10)3-2-4-11-8/h2-4,7,13H,5H2,1H3,(H,11,12). The number of methoxy groups -OCH3 is 1. The van der Waals surface area contributed by atoms with E-state index in [0.717, 1.165) is 0 Å². The summed E-state index contributed by atoms with van der Waals surface area (Å²) in [5.41, 5.74) is 0. The minimum absolute atomic E-state index is 0.0954. The van der Waals surface area contributed by atoms with Crippen LogP contribution in [0.5, 0.6) is 0 Å². The van der Waals surface area contributed by atoms with Crippen molar-refractivity contribution in [2.24, 2.45) is 0 Å². The summed E-state index contributed by atoms with van der Waals surface area (Å²) in [6.07, 6.45) is 1.37. The van der Waals surface area contributed by atoms with Gasteiger partial charge in [0, 0.05) is 6.20 Å². The highest BCUT2D eigenvalue weighted by molar-refractivity contribution is 5.78.